The Morgan fingerprint density at radius 2 is 0.667 bits per heavy atom. The van der Waals surface area contributed by atoms with E-state index in [1.165, 1.54) is 24.5 Å². The van der Waals surface area contributed by atoms with Crippen LogP contribution in [0.1, 0.15) is 0 Å². The Labute approximate surface area is 292 Å². The van der Waals surface area contributed by atoms with Gasteiger partial charge in [-0.15, -0.1) is 0 Å². The summed E-state index contributed by atoms with van der Waals surface area (Å²) in [5.41, 5.74) is 0. The third-order valence-corrected chi connectivity index (χ3v) is 12.1. The Kier molecular flexibility index (Phi) is 8.05. The molecule has 0 bridgehead atoms. The van der Waals surface area contributed by atoms with Crippen molar-refractivity contribution in [1.29, 1.82) is 10.5 Å². The maximum absolute atomic E-state index is 14.6. The van der Waals surface area contributed by atoms with Crippen LogP contribution in [0.2, 0.25) is 0 Å². The number of nitrogens with zero attached hydrogens (tertiary/aromatic N) is 4. The van der Waals surface area contributed by atoms with E-state index in [1.54, 1.807) is 0 Å². The summed E-state index contributed by atoms with van der Waals surface area (Å²) in [7, 11) is -10.9. The molecule has 0 amide bonds. The number of sulfone groups is 2. The van der Waals surface area contributed by atoms with Gasteiger partial charge in [-0.25, -0.2) is 60.7 Å². The Morgan fingerprint density at radius 3 is 0.981 bits per heavy atom. The molecule has 7 aromatic rings. The van der Waals surface area contributed by atoms with Crippen molar-refractivity contribution in [2.75, 3.05) is 0 Å². The van der Waals surface area contributed by atoms with Crippen LogP contribution in [0.3, 0.4) is 0 Å². The van der Waals surface area contributed by atoms with Gasteiger partial charge in [0.2, 0.25) is 43.7 Å². The van der Waals surface area contributed by atoms with E-state index in [-0.39, 0.29) is 53.8 Å². The topological polar surface area (TPSA) is 141 Å². The van der Waals surface area contributed by atoms with Gasteiger partial charge in [-0.05, 0) is 57.9 Å². The molecule has 270 valence electrons. The van der Waals surface area contributed by atoms with Gasteiger partial charge in [0, 0.05) is 21.5 Å². The minimum Gasteiger partial charge on any atom is -0.218 e. The van der Waals surface area contributed by atoms with Gasteiger partial charge in [0.05, 0.1) is 20.5 Å². The molecule has 0 heterocycles. The molecule has 7 rings (SSSR count). The quantitative estimate of drug-likeness (QED) is 0.0619. The number of benzene rings is 5. The van der Waals surface area contributed by atoms with E-state index >= 15 is 0 Å². The van der Waals surface area contributed by atoms with Crippen LogP contribution < -0.4 is 10.7 Å². The first-order valence-electron chi connectivity index (χ1n) is 14.3. The van der Waals surface area contributed by atoms with Gasteiger partial charge in [0.1, 0.15) is 9.79 Å². The van der Waals surface area contributed by atoms with Crippen molar-refractivity contribution in [3.63, 3.8) is 0 Å². The summed E-state index contributed by atoms with van der Waals surface area (Å²) in [6.07, 6.45) is 2.98. The second kappa shape index (κ2) is 12.1. The third kappa shape index (κ3) is 4.80. The van der Waals surface area contributed by atoms with Crippen LogP contribution in [0.15, 0.2) is 78.1 Å². The summed E-state index contributed by atoms with van der Waals surface area (Å²) in [5.74, 6) is -25.7. The first-order valence-corrected chi connectivity index (χ1v) is 17.3. The molecule has 0 spiro atoms. The fourth-order valence-electron chi connectivity index (χ4n) is 6.19. The van der Waals surface area contributed by atoms with E-state index in [2.05, 4.69) is 9.98 Å². The lowest BCUT2D eigenvalue weighted by Crippen LogP contribution is -2.13. The highest BCUT2D eigenvalue weighted by Crippen LogP contribution is 2.38. The summed E-state index contributed by atoms with van der Waals surface area (Å²) in [4.78, 5) is 1.21. The highest BCUT2D eigenvalue weighted by molar-refractivity contribution is 7.91. The van der Waals surface area contributed by atoms with Crippen molar-refractivity contribution in [2.24, 2.45) is 9.98 Å². The number of nitriles is 2. The maximum Gasteiger partial charge on any atom is 0.212 e. The number of hydrogen-bond donors (Lipinski definition) is 0. The van der Waals surface area contributed by atoms with Crippen molar-refractivity contribution in [3.8, 4) is 12.4 Å². The van der Waals surface area contributed by atoms with E-state index in [4.69, 9.17) is 0 Å². The molecule has 0 saturated heterocycles. The van der Waals surface area contributed by atoms with E-state index in [0.717, 1.165) is 36.4 Å². The van der Waals surface area contributed by atoms with Crippen LogP contribution in [0, 0.1) is 81.1 Å². The molecule has 54 heavy (non-hydrogen) atoms. The highest BCUT2D eigenvalue weighted by atomic mass is 32.2. The molecule has 0 aliphatic heterocycles. The van der Waals surface area contributed by atoms with Crippen LogP contribution in [0.25, 0.3) is 43.1 Å². The monoisotopic (exact) mass is 790 g/mol. The van der Waals surface area contributed by atoms with Gasteiger partial charge in [-0.2, -0.15) is 20.5 Å². The molecule has 8 nitrogen and oxygen atoms in total. The molecular weight excluding hydrogens is 783 g/mol. The number of rotatable bonds is 4. The standard InChI is InChI=1S/C34H8F10N4O4S2/c35-21-23(37)27(41)33(28(42)24(21)38)53(49,50)11-1-3-13-15-7-16-14-4-2-12(54(51,52)34-29(43)25(39)22(36)26(40)30(34)44)6-18(14)32(48-10-46)20(16)8-19(15)31(47-9-45)17(13)5-11/h1-8H. The summed E-state index contributed by atoms with van der Waals surface area (Å²) in [5, 5.41) is 18.8. The largest absolute Gasteiger partial charge is 0.218 e. The van der Waals surface area contributed by atoms with Gasteiger partial charge in [0.25, 0.3) is 0 Å². The molecule has 0 atom stereocenters. The molecule has 0 N–H and O–H groups in total. The molecule has 0 radical (unpaired) electrons. The van der Waals surface area contributed by atoms with Crippen molar-refractivity contribution < 1.29 is 60.7 Å². The maximum atomic E-state index is 14.6. The Hall–Kier alpha value is -6.38. The van der Waals surface area contributed by atoms with E-state index in [1.807, 2.05) is 0 Å². The first-order chi connectivity index (χ1) is 25.4. The summed E-state index contributed by atoms with van der Waals surface area (Å²) in [6.45, 7) is 0. The number of hydrogen-bond acceptors (Lipinski definition) is 8. The van der Waals surface area contributed by atoms with Crippen molar-refractivity contribution >= 4 is 62.8 Å². The van der Waals surface area contributed by atoms with Crippen LogP contribution in [0.5, 0.6) is 0 Å². The van der Waals surface area contributed by atoms with Gasteiger partial charge in [0.15, 0.2) is 46.5 Å². The average molecular weight is 791 g/mol. The zero-order valence-electron chi connectivity index (χ0n) is 25.6. The third-order valence-electron chi connectivity index (χ3n) is 8.56. The van der Waals surface area contributed by atoms with Crippen LogP contribution >= 0.6 is 0 Å². The molecule has 0 aromatic heterocycles. The number of fused-ring (bicyclic) bond motifs is 6. The average Bonchev–Trinajstić information content (AvgIpc) is 3.61. The van der Waals surface area contributed by atoms with E-state index < -0.39 is 97.4 Å². The second-order valence-electron chi connectivity index (χ2n) is 11.3. The highest BCUT2D eigenvalue weighted by Gasteiger charge is 2.36. The Morgan fingerprint density at radius 1 is 0.389 bits per heavy atom. The van der Waals surface area contributed by atoms with Crippen molar-refractivity contribution in [2.45, 2.75) is 19.6 Å². The Bertz CT molecular complexity index is 3070. The molecule has 0 aliphatic carbocycles. The normalized spacial score (nSPS) is 13.1. The summed E-state index contributed by atoms with van der Waals surface area (Å²) < 4.78 is 195. The molecular formula is C34H8F10N4O4S2. The van der Waals surface area contributed by atoms with Gasteiger partial charge < -0.3 is 0 Å². The predicted octanol–water partition coefficient (Wildman–Crippen LogP) is 7.00. The van der Waals surface area contributed by atoms with Crippen LogP contribution in [0.4, 0.5) is 43.9 Å². The molecule has 0 aliphatic rings. The lowest BCUT2D eigenvalue weighted by Gasteiger charge is -2.10. The zero-order valence-corrected chi connectivity index (χ0v) is 27.3. The minimum atomic E-state index is -5.47. The summed E-state index contributed by atoms with van der Waals surface area (Å²) >= 11 is 0. The van der Waals surface area contributed by atoms with Crippen molar-refractivity contribution in [3.05, 3.63) is 117 Å². The minimum absolute atomic E-state index is 0.0452. The molecule has 0 saturated carbocycles. The molecule has 0 unspecified atom stereocenters. The summed E-state index contributed by atoms with van der Waals surface area (Å²) in [6, 6.07) is 7.97. The van der Waals surface area contributed by atoms with Gasteiger partial charge >= 0.3 is 0 Å². The van der Waals surface area contributed by atoms with Crippen LogP contribution in [-0.2, 0) is 19.7 Å². The zero-order chi connectivity index (χ0) is 39.3. The van der Waals surface area contributed by atoms with Gasteiger partial charge in [-0.3, -0.25) is 0 Å². The lowest BCUT2D eigenvalue weighted by molar-refractivity contribution is 0.357. The van der Waals surface area contributed by atoms with Crippen molar-refractivity contribution in [1.82, 2.24) is 0 Å². The van der Waals surface area contributed by atoms with E-state index in [9.17, 15) is 71.3 Å². The molecule has 7 aromatic carbocycles. The molecule has 20 heteroatoms. The lowest BCUT2D eigenvalue weighted by atomic mass is 10.1. The van der Waals surface area contributed by atoms with Crippen LogP contribution in [-0.4, -0.2) is 16.8 Å². The van der Waals surface area contributed by atoms with E-state index in [0.29, 0.717) is 0 Å². The van der Waals surface area contributed by atoms with Gasteiger partial charge in [-0.1, -0.05) is 12.1 Å². The fraction of sp³-hybridized carbons (Fsp3) is 0. The second-order valence-corrected chi connectivity index (χ2v) is 15.1. The first kappa shape index (κ1) is 36.0. The predicted molar refractivity (Wildman–Crippen MR) is 165 cm³/mol. The number of halogens is 10. The SMILES string of the molecule is N#CN=c1c2cc(S(=O)(=O)c3c(F)c(F)c(F)c(F)c3F)ccc2c2cc3c(cc12)c(=NC#N)c1cc(S(=O)(=O)c2c(F)c(F)c(F)c(F)c2F)ccc13. The fourth-order valence-corrected chi connectivity index (χ4v) is 9.00. The smallest absolute Gasteiger partial charge is 0.212 e. The Balaban J connectivity index is 1.51. The molecule has 0 fully saturated rings.